The minimum atomic E-state index is -0.280. The number of fused-ring (bicyclic) bond motifs is 3. The number of nitrogens with zero attached hydrogens (tertiary/aromatic N) is 6. The number of hydrogen-bond donors (Lipinski definition) is 1. The largest absolute Gasteiger partial charge is 0.345 e. The van der Waals surface area contributed by atoms with Crippen LogP contribution >= 0.6 is 11.7 Å². The molecular weight excluding hydrogens is 458 g/mol. The molecule has 9 heteroatoms. The first-order valence-electron chi connectivity index (χ1n) is 12.1. The molecule has 1 amide bonds. The van der Waals surface area contributed by atoms with Gasteiger partial charge in [-0.2, -0.15) is 13.8 Å². The highest BCUT2D eigenvalue weighted by Gasteiger charge is 2.43. The lowest BCUT2D eigenvalue weighted by atomic mass is 9.98. The van der Waals surface area contributed by atoms with E-state index in [9.17, 15) is 4.79 Å². The van der Waals surface area contributed by atoms with Gasteiger partial charge in [0.05, 0.1) is 35.1 Å². The van der Waals surface area contributed by atoms with Crippen LogP contribution in [0.15, 0.2) is 42.7 Å². The van der Waals surface area contributed by atoms with Crippen LogP contribution in [-0.4, -0.2) is 34.4 Å². The molecule has 0 aliphatic carbocycles. The maximum Gasteiger partial charge on any atom is 0.280 e. The third-order valence-electron chi connectivity index (χ3n) is 5.61. The van der Waals surface area contributed by atoms with Crippen LogP contribution in [-0.2, 0) is 7.05 Å². The Hall–Kier alpha value is -3.59. The van der Waals surface area contributed by atoms with Crippen LogP contribution in [0.5, 0.6) is 0 Å². The van der Waals surface area contributed by atoms with E-state index in [-0.39, 0.29) is 11.9 Å². The lowest BCUT2D eigenvalue weighted by molar-refractivity contribution is 0.0988. The molecule has 0 fully saturated rings. The van der Waals surface area contributed by atoms with Crippen LogP contribution in [0, 0.1) is 6.92 Å². The highest BCUT2D eigenvalue weighted by molar-refractivity contribution is 7.00. The molecular formula is C26H33N7OS. The summed E-state index contributed by atoms with van der Waals surface area (Å²) in [5.41, 5.74) is 7.62. The zero-order valence-corrected chi connectivity index (χ0v) is 22.4. The number of imidazole rings is 1. The van der Waals surface area contributed by atoms with Crippen molar-refractivity contribution < 1.29 is 4.79 Å². The number of nitrogens with one attached hydrogen (secondary N) is 1. The predicted octanol–water partition coefficient (Wildman–Crippen LogP) is 6.44. The molecule has 1 aliphatic heterocycles. The van der Waals surface area contributed by atoms with E-state index < -0.39 is 0 Å². The van der Waals surface area contributed by atoms with Gasteiger partial charge in [-0.1, -0.05) is 47.6 Å². The van der Waals surface area contributed by atoms with E-state index in [4.69, 9.17) is 0 Å². The SMILES string of the molecule is CC.CC.CC.Cc1c2c(nn1C)C(=O)N(c1ccc3nc[nH]c3c1)C2c1ccc2nsnc2c1. The molecule has 4 heterocycles. The molecule has 35 heavy (non-hydrogen) atoms. The van der Waals surface area contributed by atoms with Crippen molar-refractivity contribution in [3.63, 3.8) is 0 Å². The fraction of sp³-hybridized carbons (Fsp3) is 0.346. The van der Waals surface area contributed by atoms with Crippen molar-refractivity contribution >= 4 is 45.4 Å². The van der Waals surface area contributed by atoms with E-state index >= 15 is 0 Å². The maximum atomic E-state index is 13.4. The summed E-state index contributed by atoms with van der Waals surface area (Å²) in [5.74, 6) is -0.107. The van der Waals surface area contributed by atoms with Crippen molar-refractivity contribution in [3.05, 3.63) is 65.2 Å². The van der Waals surface area contributed by atoms with Crippen molar-refractivity contribution in [1.82, 2.24) is 28.5 Å². The average Bonchev–Trinajstić information content (AvgIpc) is 3.68. The first-order chi connectivity index (χ1) is 17.1. The van der Waals surface area contributed by atoms with Gasteiger partial charge < -0.3 is 4.98 Å². The molecule has 5 aromatic rings. The van der Waals surface area contributed by atoms with Crippen LogP contribution in [0.2, 0.25) is 0 Å². The first-order valence-corrected chi connectivity index (χ1v) is 12.9. The molecule has 1 N–H and O–H groups in total. The number of carbonyl (C=O) groups is 1. The summed E-state index contributed by atoms with van der Waals surface area (Å²) in [6, 6.07) is 11.5. The molecule has 0 bridgehead atoms. The fourth-order valence-electron chi connectivity index (χ4n) is 4.10. The Morgan fingerprint density at radius 1 is 0.914 bits per heavy atom. The molecule has 6 rings (SSSR count). The van der Waals surface area contributed by atoms with Crippen LogP contribution in [0.3, 0.4) is 0 Å². The van der Waals surface area contributed by atoms with Gasteiger partial charge >= 0.3 is 0 Å². The highest BCUT2D eigenvalue weighted by Crippen LogP contribution is 2.43. The first kappa shape index (κ1) is 26.0. The number of hydrogen-bond acceptors (Lipinski definition) is 6. The number of aryl methyl sites for hydroxylation is 1. The fourth-order valence-corrected chi connectivity index (χ4v) is 4.61. The molecule has 8 nitrogen and oxygen atoms in total. The summed E-state index contributed by atoms with van der Waals surface area (Å²) in [4.78, 5) is 22.6. The van der Waals surface area contributed by atoms with Gasteiger partial charge in [0.1, 0.15) is 11.0 Å². The van der Waals surface area contributed by atoms with Crippen molar-refractivity contribution in [2.24, 2.45) is 7.05 Å². The molecule has 0 spiro atoms. The summed E-state index contributed by atoms with van der Waals surface area (Å²) in [6.45, 7) is 14.0. The maximum absolute atomic E-state index is 13.4. The van der Waals surface area contributed by atoms with Crippen molar-refractivity contribution in [2.45, 2.75) is 54.5 Å². The van der Waals surface area contributed by atoms with Crippen molar-refractivity contribution in [3.8, 4) is 0 Å². The molecule has 0 saturated heterocycles. The Morgan fingerprint density at radius 2 is 1.60 bits per heavy atom. The summed E-state index contributed by atoms with van der Waals surface area (Å²) in [6.07, 6.45) is 1.65. The predicted molar refractivity (Wildman–Crippen MR) is 144 cm³/mol. The minimum Gasteiger partial charge on any atom is -0.345 e. The molecule has 1 aliphatic rings. The van der Waals surface area contributed by atoms with Crippen LogP contribution in [0.1, 0.15) is 74.9 Å². The number of H-pyrrole nitrogens is 1. The summed E-state index contributed by atoms with van der Waals surface area (Å²) in [5, 5.41) is 4.51. The molecule has 184 valence electrons. The number of aromatic nitrogens is 6. The van der Waals surface area contributed by atoms with E-state index in [2.05, 4.69) is 23.8 Å². The second-order valence-corrected chi connectivity index (χ2v) is 7.69. The summed E-state index contributed by atoms with van der Waals surface area (Å²) in [7, 11) is 1.87. The number of aromatic amines is 1. The Labute approximate surface area is 210 Å². The monoisotopic (exact) mass is 491 g/mol. The quantitative estimate of drug-likeness (QED) is 0.307. The van der Waals surface area contributed by atoms with Crippen LogP contribution in [0.25, 0.3) is 22.1 Å². The Balaban J connectivity index is 0.000000533. The number of carbonyl (C=O) groups excluding carboxylic acids is 1. The zero-order valence-electron chi connectivity index (χ0n) is 21.6. The Bertz CT molecular complexity index is 1430. The zero-order chi connectivity index (χ0) is 25.7. The molecule has 2 aromatic carbocycles. The van der Waals surface area contributed by atoms with Gasteiger partial charge in [-0.05, 0) is 42.8 Å². The van der Waals surface area contributed by atoms with Gasteiger partial charge in [0, 0.05) is 24.0 Å². The number of rotatable bonds is 2. The highest BCUT2D eigenvalue weighted by atomic mass is 32.1. The second-order valence-electron chi connectivity index (χ2n) is 7.17. The van der Waals surface area contributed by atoms with Gasteiger partial charge in [0.2, 0.25) is 0 Å². The molecule has 0 saturated carbocycles. The number of benzene rings is 2. The van der Waals surface area contributed by atoms with Gasteiger partial charge in [-0.25, -0.2) is 4.98 Å². The lowest BCUT2D eigenvalue weighted by Crippen LogP contribution is -2.29. The molecule has 1 unspecified atom stereocenters. The average molecular weight is 492 g/mol. The van der Waals surface area contributed by atoms with Crippen LogP contribution < -0.4 is 4.90 Å². The van der Waals surface area contributed by atoms with Gasteiger partial charge in [-0.3, -0.25) is 14.4 Å². The van der Waals surface area contributed by atoms with Crippen LogP contribution in [0.4, 0.5) is 5.69 Å². The lowest BCUT2D eigenvalue weighted by Gasteiger charge is -2.26. The van der Waals surface area contributed by atoms with E-state index in [1.54, 1.807) is 11.0 Å². The smallest absolute Gasteiger partial charge is 0.280 e. The standard InChI is InChI=1S/C20H15N7OS.3C2H6/c1-10-17-18(23-26(10)2)20(28)27(12-4-6-13-15(8-12)22-9-21-13)19(17)11-3-5-14-16(7-11)25-29-24-14;3*1-2/h3-9,19H,1-2H3,(H,21,22);3*1-2H3. The summed E-state index contributed by atoms with van der Waals surface area (Å²) >= 11 is 1.19. The topological polar surface area (TPSA) is 92.6 Å². The van der Waals surface area contributed by atoms with E-state index in [1.165, 1.54) is 11.7 Å². The molecule has 0 radical (unpaired) electrons. The minimum absolute atomic E-state index is 0.107. The Kier molecular flexibility index (Phi) is 8.34. The van der Waals surface area contributed by atoms with Crippen molar-refractivity contribution in [2.75, 3.05) is 4.90 Å². The van der Waals surface area contributed by atoms with Crippen molar-refractivity contribution in [1.29, 1.82) is 0 Å². The van der Waals surface area contributed by atoms with E-state index in [0.29, 0.717) is 5.69 Å². The third kappa shape index (κ3) is 4.43. The second kappa shape index (κ2) is 11.2. The van der Waals surface area contributed by atoms with E-state index in [0.717, 1.165) is 44.6 Å². The third-order valence-corrected chi connectivity index (χ3v) is 6.17. The summed E-state index contributed by atoms with van der Waals surface area (Å²) < 4.78 is 10.4. The number of amides is 1. The molecule has 3 aromatic heterocycles. The van der Waals surface area contributed by atoms with Gasteiger partial charge in [-0.15, -0.1) is 0 Å². The van der Waals surface area contributed by atoms with Gasteiger partial charge in [0.15, 0.2) is 5.69 Å². The van der Waals surface area contributed by atoms with E-state index in [1.807, 2.05) is 96.8 Å². The number of anilines is 1. The van der Waals surface area contributed by atoms with Gasteiger partial charge in [0.25, 0.3) is 5.91 Å². The normalized spacial score (nSPS) is 14.0. The molecule has 1 atom stereocenters. The Morgan fingerprint density at radius 3 is 2.34 bits per heavy atom.